The largest absolute Gasteiger partial charge is 0.396 e. The van der Waals surface area contributed by atoms with Crippen molar-refractivity contribution in [3.05, 3.63) is 0 Å². The van der Waals surface area contributed by atoms with Crippen LogP contribution in [0.15, 0.2) is 0 Å². The summed E-state index contributed by atoms with van der Waals surface area (Å²) in [4.78, 5) is 2.27. The molecule has 0 bridgehead atoms. The van der Waals surface area contributed by atoms with E-state index in [1.54, 1.807) is 4.31 Å². The third kappa shape index (κ3) is 4.01. The molecule has 5 nitrogen and oxygen atoms in total. The van der Waals surface area contributed by atoms with Crippen LogP contribution < -0.4 is 0 Å². The second-order valence-electron chi connectivity index (χ2n) is 4.45. The topological polar surface area (TPSA) is 60.9 Å². The second-order valence-corrected chi connectivity index (χ2v) is 6.39. The summed E-state index contributed by atoms with van der Waals surface area (Å²) in [5.74, 6) is 0. The Morgan fingerprint density at radius 2 is 2.00 bits per heavy atom. The number of hydrogen-bond acceptors (Lipinski definition) is 4. The third-order valence-electron chi connectivity index (χ3n) is 2.96. The molecule has 1 aliphatic heterocycles. The molecule has 1 N–H and O–H groups in total. The lowest BCUT2D eigenvalue weighted by molar-refractivity contribution is 0.140. The van der Waals surface area contributed by atoms with Gasteiger partial charge in [0.1, 0.15) is 0 Å². The summed E-state index contributed by atoms with van der Waals surface area (Å²) in [5.41, 5.74) is 0. The van der Waals surface area contributed by atoms with Crippen LogP contribution in [0.2, 0.25) is 0 Å². The molecule has 0 unspecified atom stereocenters. The van der Waals surface area contributed by atoms with Gasteiger partial charge in [0.2, 0.25) is 10.0 Å². The van der Waals surface area contributed by atoms with Gasteiger partial charge >= 0.3 is 0 Å². The zero-order chi connectivity index (χ0) is 12.2. The van der Waals surface area contributed by atoms with Gasteiger partial charge in [-0.25, -0.2) is 8.42 Å². The van der Waals surface area contributed by atoms with E-state index in [2.05, 4.69) is 4.90 Å². The number of rotatable bonds is 5. The van der Waals surface area contributed by atoms with E-state index in [0.717, 1.165) is 32.5 Å². The summed E-state index contributed by atoms with van der Waals surface area (Å²) >= 11 is 0. The Balaban J connectivity index is 2.40. The van der Waals surface area contributed by atoms with E-state index < -0.39 is 10.0 Å². The molecule has 16 heavy (non-hydrogen) atoms. The summed E-state index contributed by atoms with van der Waals surface area (Å²) < 4.78 is 24.4. The zero-order valence-corrected chi connectivity index (χ0v) is 10.9. The lowest BCUT2D eigenvalue weighted by atomic mass is 10.2. The molecule has 0 saturated carbocycles. The van der Waals surface area contributed by atoms with Gasteiger partial charge in [-0.3, -0.25) is 0 Å². The molecule has 0 radical (unpaired) electrons. The predicted octanol–water partition coefficient (Wildman–Crippen LogP) is -0.275. The Kier molecular flexibility index (Phi) is 5.17. The van der Waals surface area contributed by atoms with Crippen molar-refractivity contribution < 1.29 is 13.5 Å². The predicted molar refractivity (Wildman–Crippen MR) is 63.8 cm³/mol. The van der Waals surface area contributed by atoms with E-state index >= 15 is 0 Å². The minimum Gasteiger partial charge on any atom is -0.396 e. The monoisotopic (exact) mass is 250 g/mol. The molecule has 1 atom stereocenters. The number of piperazine rings is 1. The molecule has 1 saturated heterocycles. The number of hydrogen-bond donors (Lipinski definition) is 1. The van der Waals surface area contributed by atoms with Crippen LogP contribution >= 0.6 is 0 Å². The first kappa shape index (κ1) is 13.9. The lowest BCUT2D eigenvalue weighted by Crippen LogP contribution is -2.53. The Hall–Kier alpha value is -0.170. The van der Waals surface area contributed by atoms with Gasteiger partial charge in [-0.2, -0.15) is 4.31 Å². The first-order chi connectivity index (χ1) is 7.45. The summed E-state index contributed by atoms with van der Waals surface area (Å²) in [6.45, 7) is 5.29. The first-order valence-corrected chi connectivity index (χ1v) is 7.60. The fourth-order valence-electron chi connectivity index (χ4n) is 2.16. The van der Waals surface area contributed by atoms with E-state index in [1.807, 2.05) is 6.92 Å². The van der Waals surface area contributed by atoms with Crippen LogP contribution in [0.5, 0.6) is 0 Å². The van der Waals surface area contributed by atoms with Gasteiger partial charge in [0.15, 0.2) is 0 Å². The Labute approximate surface area is 98.1 Å². The smallest absolute Gasteiger partial charge is 0.211 e. The molecule has 0 aromatic rings. The van der Waals surface area contributed by atoms with Crippen LogP contribution in [0, 0.1) is 0 Å². The summed E-state index contributed by atoms with van der Waals surface area (Å²) in [5, 5.41) is 8.69. The third-order valence-corrected chi connectivity index (χ3v) is 4.35. The van der Waals surface area contributed by atoms with Crippen LogP contribution in [0.4, 0.5) is 0 Å². The fourth-order valence-corrected chi connectivity index (χ4v) is 3.29. The standard InChI is InChI=1S/C10H22N2O3S/c1-10-9-11(5-3-4-8-13)6-7-12(10)16(2,14)15/h10,13H,3-9H2,1-2H3/t10-/m0/s1. The summed E-state index contributed by atoms with van der Waals surface area (Å²) in [6.07, 6.45) is 3.06. The minimum atomic E-state index is -3.06. The van der Waals surface area contributed by atoms with Gasteiger partial charge in [-0.1, -0.05) is 0 Å². The Morgan fingerprint density at radius 3 is 2.50 bits per heavy atom. The molecule has 0 amide bonds. The van der Waals surface area contributed by atoms with Crippen LogP contribution in [-0.4, -0.2) is 67.8 Å². The lowest BCUT2D eigenvalue weighted by Gasteiger charge is -2.38. The molecule has 1 aliphatic rings. The number of sulfonamides is 1. The molecular weight excluding hydrogens is 228 g/mol. The molecule has 0 aromatic heterocycles. The van der Waals surface area contributed by atoms with E-state index in [-0.39, 0.29) is 12.6 Å². The Morgan fingerprint density at radius 1 is 1.31 bits per heavy atom. The average molecular weight is 250 g/mol. The molecular formula is C10H22N2O3S. The van der Waals surface area contributed by atoms with Crippen molar-refractivity contribution in [2.24, 2.45) is 0 Å². The van der Waals surface area contributed by atoms with Gasteiger partial charge < -0.3 is 10.0 Å². The van der Waals surface area contributed by atoms with Crippen molar-refractivity contribution >= 4 is 10.0 Å². The van der Waals surface area contributed by atoms with E-state index in [4.69, 9.17) is 5.11 Å². The van der Waals surface area contributed by atoms with Gasteiger partial charge in [0.05, 0.1) is 6.26 Å². The highest BCUT2D eigenvalue weighted by molar-refractivity contribution is 7.88. The normalized spacial score (nSPS) is 24.8. The fraction of sp³-hybridized carbons (Fsp3) is 1.00. The highest BCUT2D eigenvalue weighted by atomic mass is 32.2. The van der Waals surface area contributed by atoms with Crippen molar-refractivity contribution in [1.29, 1.82) is 0 Å². The zero-order valence-electron chi connectivity index (χ0n) is 10.1. The van der Waals surface area contributed by atoms with Crippen molar-refractivity contribution in [2.75, 3.05) is 39.0 Å². The average Bonchev–Trinajstić information content (AvgIpc) is 2.16. The Bertz CT molecular complexity index is 305. The SMILES string of the molecule is C[C@H]1CN(CCCCO)CCN1S(C)(=O)=O. The number of nitrogens with zero attached hydrogens (tertiary/aromatic N) is 2. The van der Waals surface area contributed by atoms with Gasteiger partial charge in [-0.05, 0) is 26.3 Å². The van der Waals surface area contributed by atoms with E-state index in [1.165, 1.54) is 6.26 Å². The van der Waals surface area contributed by atoms with Crippen molar-refractivity contribution in [2.45, 2.75) is 25.8 Å². The molecule has 6 heteroatoms. The van der Waals surface area contributed by atoms with Crippen LogP contribution in [0.25, 0.3) is 0 Å². The maximum Gasteiger partial charge on any atom is 0.211 e. The highest BCUT2D eigenvalue weighted by Crippen LogP contribution is 2.13. The van der Waals surface area contributed by atoms with Gasteiger partial charge in [-0.15, -0.1) is 0 Å². The van der Waals surface area contributed by atoms with E-state index in [9.17, 15) is 8.42 Å². The van der Waals surface area contributed by atoms with Crippen molar-refractivity contribution in [3.63, 3.8) is 0 Å². The summed E-state index contributed by atoms with van der Waals surface area (Å²) in [7, 11) is -3.06. The number of unbranched alkanes of at least 4 members (excludes halogenated alkanes) is 1. The molecule has 1 fully saturated rings. The highest BCUT2D eigenvalue weighted by Gasteiger charge is 2.29. The van der Waals surface area contributed by atoms with Gasteiger partial charge in [0, 0.05) is 32.3 Å². The maximum absolute atomic E-state index is 11.4. The molecule has 1 rings (SSSR count). The first-order valence-electron chi connectivity index (χ1n) is 5.75. The summed E-state index contributed by atoms with van der Waals surface area (Å²) in [6, 6.07) is 0.0536. The van der Waals surface area contributed by atoms with Gasteiger partial charge in [0.25, 0.3) is 0 Å². The number of aliphatic hydroxyl groups is 1. The van der Waals surface area contributed by atoms with Crippen LogP contribution in [0.1, 0.15) is 19.8 Å². The van der Waals surface area contributed by atoms with Crippen molar-refractivity contribution in [1.82, 2.24) is 9.21 Å². The van der Waals surface area contributed by atoms with E-state index in [0.29, 0.717) is 6.54 Å². The molecule has 96 valence electrons. The molecule has 0 aliphatic carbocycles. The molecule has 1 heterocycles. The van der Waals surface area contributed by atoms with Crippen LogP contribution in [0.3, 0.4) is 0 Å². The second kappa shape index (κ2) is 5.95. The quantitative estimate of drug-likeness (QED) is 0.682. The minimum absolute atomic E-state index is 0.0536. The number of aliphatic hydroxyl groups excluding tert-OH is 1. The molecule has 0 spiro atoms. The van der Waals surface area contributed by atoms with Crippen LogP contribution in [-0.2, 0) is 10.0 Å². The van der Waals surface area contributed by atoms with Crippen molar-refractivity contribution in [3.8, 4) is 0 Å². The maximum atomic E-state index is 11.4. The molecule has 0 aromatic carbocycles.